The molecule has 11 heavy (non-hydrogen) atoms. The van der Waals surface area contributed by atoms with Gasteiger partial charge in [0.2, 0.25) is 0 Å². The number of carboxylic acid groups (broad SMARTS) is 1. The number of unbranched alkanes of at least 4 members (excludes halogenated alkanes) is 1. The highest BCUT2D eigenvalue weighted by Crippen LogP contribution is 1.91. The second-order valence-electron chi connectivity index (χ2n) is 2.03. The Kier molecular flexibility index (Phi) is 4.89. The second kappa shape index (κ2) is 5.52. The van der Waals surface area contributed by atoms with Crippen LogP contribution in [0.4, 0.5) is 0 Å². The molecule has 0 aliphatic rings. The van der Waals surface area contributed by atoms with Gasteiger partial charge in [0.15, 0.2) is 5.96 Å². The highest BCUT2D eigenvalue weighted by Gasteiger charge is 1.96. The van der Waals surface area contributed by atoms with Gasteiger partial charge in [-0.1, -0.05) is 0 Å². The Bertz CT molecular complexity index is 131. The molecule has 0 saturated heterocycles. The lowest BCUT2D eigenvalue weighted by atomic mass is 10.2. The summed E-state index contributed by atoms with van der Waals surface area (Å²) in [7, 11) is 0. The molecule has 0 unspecified atom stereocenters. The second-order valence-corrected chi connectivity index (χ2v) is 2.03. The average molecular weight is 158 g/mol. The number of hydrogen-bond acceptors (Lipinski definition) is 2. The lowest BCUT2D eigenvalue weighted by molar-refractivity contribution is -0.133. The number of hydrogen-bond donors (Lipinski definition) is 4. The Hall–Kier alpha value is -1.26. The van der Waals surface area contributed by atoms with Gasteiger partial charge < -0.3 is 16.2 Å². The number of aliphatic carboxylic acids is 1. The maximum Gasteiger partial charge on any atom is 0.307 e. The van der Waals surface area contributed by atoms with Crippen LogP contribution in [-0.2, 0) is 4.79 Å². The van der Waals surface area contributed by atoms with Gasteiger partial charge in [-0.25, -0.2) is 0 Å². The Morgan fingerprint density at radius 1 is 1.73 bits per heavy atom. The number of carboxylic acids is 1. The van der Waals surface area contributed by atoms with Crippen molar-refractivity contribution in [2.75, 3.05) is 6.54 Å². The molecule has 0 aliphatic carbocycles. The van der Waals surface area contributed by atoms with Crippen LogP contribution in [0.25, 0.3) is 0 Å². The minimum Gasteiger partial charge on any atom is -0.481 e. The van der Waals surface area contributed by atoms with Crippen LogP contribution >= 0.6 is 0 Å². The van der Waals surface area contributed by atoms with E-state index in [1.807, 2.05) is 0 Å². The van der Waals surface area contributed by atoms with Crippen molar-refractivity contribution in [3.05, 3.63) is 6.42 Å². The number of nitrogens with two attached hydrogens (primary N) is 1. The molecule has 5 N–H and O–H groups in total. The number of carbonyl (C=O) groups is 1. The lowest BCUT2D eigenvalue weighted by Crippen LogP contribution is -2.30. The number of guanidine groups is 1. The summed E-state index contributed by atoms with van der Waals surface area (Å²) < 4.78 is 0. The molecule has 0 amide bonds. The third-order valence-electron chi connectivity index (χ3n) is 1.02. The maximum atomic E-state index is 9.95. The predicted octanol–water partition coefficient (Wildman–Crippen LogP) is -0.461. The van der Waals surface area contributed by atoms with Crippen molar-refractivity contribution in [3.63, 3.8) is 0 Å². The quantitative estimate of drug-likeness (QED) is 0.247. The van der Waals surface area contributed by atoms with Crippen LogP contribution in [0.1, 0.15) is 12.8 Å². The first-order chi connectivity index (χ1) is 5.13. The third kappa shape index (κ3) is 8.74. The molecule has 0 heterocycles. The molecule has 0 rings (SSSR count). The number of nitrogens with one attached hydrogen (secondary N) is 2. The first-order valence-corrected chi connectivity index (χ1v) is 3.27. The van der Waals surface area contributed by atoms with Gasteiger partial charge in [-0.2, -0.15) is 0 Å². The number of rotatable bonds is 5. The van der Waals surface area contributed by atoms with Gasteiger partial charge in [-0.3, -0.25) is 10.2 Å². The highest BCUT2D eigenvalue weighted by atomic mass is 16.4. The minimum absolute atomic E-state index is 0.0830. The van der Waals surface area contributed by atoms with Crippen molar-refractivity contribution in [1.29, 1.82) is 5.41 Å². The third-order valence-corrected chi connectivity index (χ3v) is 1.02. The van der Waals surface area contributed by atoms with Gasteiger partial charge in [0.05, 0.1) is 6.42 Å². The van der Waals surface area contributed by atoms with Gasteiger partial charge in [0.25, 0.3) is 0 Å². The van der Waals surface area contributed by atoms with Crippen molar-refractivity contribution in [1.82, 2.24) is 5.32 Å². The molecule has 0 fully saturated rings. The zero-order chi connectivity index (χ0) is 8.69. The van der Waals surface area contributed by atoms with Crippen molar-refractivity contribution in [3.8, 4) is 0 Å². The largest absolute Gasteiger partial charge is 0.481 e. The van der Waals surface area contributed by atoms with Gasteiger partial charge in [-0.15, -0.1) is 0 Å². The Balaban J connectivity index is 3.03. The summed E-state index contributed by atoms with van der Waals surface area (Å²) >= 11 is 0. The molecule has 63 valence electrons. The van der Waals surface area contributed by atoms with E-state index in [1.54, 1.807) is 0 Å². The average Bonchev–Trinajstić information content (AvgIpc) is 1.85. The van der Waals surface area contributed by atoms with E-state index in [4.69, 9.17) is 16.2 Å². The van der Waals surface area contributed by atoms with E-state index < -0.39 is 5.97 Å². The van der Waals surface area contributed by atoms with Gasteiger partial charge in [0, 0.05) is 6.54 Å². The summed E-state index contributed by atoms with van der Waals surface area (Å²) in [5.41, 5.74) is 4.98. The summed E-state index contributed by atoms with van der Waals surface area (Å²) in [6, 6.07) is 0. The molecule has 0 aromatic rings. The molecule has 0 bridgehead atoms. The van der Waals surface area contributed by atoms with Crippen LogP contribution in [-0.4, -0.2) is 23.6 Å². The normalized spacial score (nSPS) is 9.09. The van der Waals surface area contributed by atoms with E-state index in [9.17, 15) is 4.79 Å². The van der Waals surface area contributed by atoms with E-state index in [0.29, 0.717) is 19.4 Å². The molecule has 0 aliphatic heterocycles. The maximum absolute atomic E-state index is 9.95. The predicted molar refractivity (Wildman–Crippen MR) is 41.1 cm³/mol. The molecule has 1 radical (unpaired) electrons. The summed E-state index contributed by atoms with van der Waals surface area (Å²) in [4.78, 5) is 9.95. The molecular formula is C6H12N3O2. The van der Waals surface area contributed by atoms with Crippen molar-refractivity contribution in [2.45, 2.75) is 12.8 Å². The zero-order valence-corrected chi connectivity index (χ0v) is 6.13. The van der Waals surface area contributed by atoms with Gasteiger partial charge in [-0.05, 0) is 12.8 Å². The molecule has 5 nitrogen and oxygen atoms in total. The van der Waals surface area contributed by atoms with Crippen LogP contribution in [0.5, 0.6) is 0 Å². The first kappa shape index (κ1) is 9.74. The van der Waals surface area contributed by atoms with E-state index in [-0.39, 0.29) is 5.96 Å². The fourth-order valence-corrected chi connectivity index (χ4v) is 0.551. The smallest absolute Gasteiger partial charge is 0.307 e. The van der Waals surface area contributed by atoms with Crippen LogP contribution in [0, 0.1) is 11.8 Å². The van der Waals surface area contributed by atoms with E-state index >= 15 is 0 Å². The van der Waals surface area contributed by atoms with Crippen LogP contribution in [0.15, 0.2) is 0 Å². The summed E-state index contributed by atoms with van der Waals surface area (Å²) in [6.45, 7) is 0.541. The van der Waals surface area contributed by atoms with Gasteiger partial charge >= 0.3 is 5.97 Å². The molecular weight excluding hydrogens is 146 g/mol. The zero-order valence-electron chi connectivity index (χ0n) is 6.13. The molecule has 0 aromatic heterocycles. The van der Waals surface area contributed by atoms with Crippen molar-refractivity contribution in [2.24, 2.45) is 5.73 Å². The van der Waals surface area contributed by atoms with Crippen LogP contribution in [0.3, 0.4) is 0 Å². The highest BCUT2D eigenvalue weighted by molar-refractivity contribution is 5.76. The topological polar surface area (TPSA) is 99.2 Å². The monoisotopic (exact) mass is 158 g/mol. The van der Waals surface area contributed by atoms with Crippen molar-refractivity contribution < 1.29 is 9.90 Å². The summed E-state index contributed by atoms with van der Waals surface area (Å²) in [6.07, 6.45) is 2.35. The van der Waals surface area contributed by atoms with Gasteiger partial charge in [0.1, 0.15) is 0 Å². The van der Waals surface area contributed by atoms with E-state index in [0.717, 1.165) is 0 Å². The summed E-state index contributed by atoms with van der Waals surface area (Å²) in [5.74, 6) is -0.992. The fraction of sp³-hybridized carbons (Fsp3) is 0.500. The molecule has 0 aromatic carbocycles. The standard InChI is InChI=1S/C6H12N3O2/c7-6(8)9-4-2-1-3-5(10)11/h3H,1-2,4H2,(H,10,11)(H4,7,8,9). The Labute approximate surface area is 65.1 Å². The lowest BCUT2D eigenvalue weighted by Gasteiger charge is -2.00. The first-order valence-electron chi connectivity index (χ1n) is 3.27. The molecule has 0 atom stereocenters. The Morgan fingerprint density at radius 2 is 2.36 bits per heavy atom. The van der Waals surface area contributed by atoms with Crippen LogP contribution in [0.2, 0.25) is 0 Å². The fourth-order valence-electron chi connectivity index (χ4n) is 0.551. The molecule has 5 heteroatoms. The van der Waals surface area contributed by atoms with Crippen LogP contribution < -0.4 is 11.1 Å². The minimum atomic E-state index is -0.909. The van der Waals surface area contributed by atoms with E-state index in [2.05, 4.69) is 5.32 Å². The van der Waals surface area contributed by atoms with E-state index in [1.165, 1.54) is 6.42 Å². The van der Waals surface area contributed by atoms with Crippen molar-refractivity contribution >= 4 is 11.9 Å². The summed E-state index contributed by atoms with van der Waals surface area (Å²) in [5, 5.41) is 17.5. The Morgan fingerprint density at radius 3 is 2.82 bits per heavy atom. The molecule has 0 spiro atoms. The molecule has 0 saturated carbocycles. The SMILES string of the molecule is N=C(N)NCCC[CH]C(=O)O.